The fourth-order valence-corrected chi connectivity index (χ4v) is 3.86. The Morgan fingerprint density at radius 3 is 2.41 bits per heavy atom. The second-order valence-corrected chi connectivity index (χ2v) is 7.51. The van der Waals surface area contributed by atoms with E-state index in [2.05, 4.69) is 54.0 Å². The zero-order valence-electron chi connectivity index (χ0n) is 16.1. The molecule has 1 amide bonds. The van der Waals surface area contributed by atoms with Crippen LogP contribution in [0.2, 0.25) is 0 Å². The number of carbonyl (C=O) groups excluding carboxylic acids is 1. The highest BCUT2D eigenvalue weighted by Crippen LogP contribution is 2.24. The highest BCUT2D eigenvalue weighted by Gasteiger charge is 2.23. The van der Waals surface area contributed by atoms with E-state index in [-0.39, 0.29) is 24.4 Å². The lowest BCUT2D eigenvalue weighted by Crippen LogP contribution is -2.36. The summed E-state index contributed by atoms with van der Waals surface area (Å²) in [6.45, 7) is 4.37. The average Bonchev–Trinajstić information content (AvgIpc) is 2.69. The van der Waals surface area contributed by atoms with Crippen molar-refractivity contribution in [1.82, 2.24) is 10.6 Å². The van der Waals surface area contributed by atoms with Gasteiger partial charge in [-0.2, -0.15) is 0 Å². The van der Waals surface area contributed by atoms with Gasteiger partial charge >= 0.3 is 0 Å². The van der Waals surface area contributed by atoms with E-state index in [4.69, 9.17) is 0 Å². The van der Waals surface area contributed by atoms with Crippen molar-refractivity contribution in [3.05, 3.63) is 71.8 Å². The monoisotopic (exact) mass is 386 g/mol. The van der Waals surface area contributed by atoms with Crippen LogP contribution in [0.3, 0.4) is 0 Å². The van der Waals surface area contributed by atoms with Gasteiger partial charge in [-0.1, -0.05) is 67.6 Å². The summed E-state index contributed by atoms with van der Waals surface area (Å²) in [5, 5.41) is 6.75. The quantitative estimate of drug-likeness (QED) is 0.733. The van der Waals surface area contributed by atoms with Crippen LogP contribution in [-0.4, -0.2) is 19.0 Å². The molecule has 3 rings (SSSR count). The van der Waals surface area contributed by atoms with Crippen molar-refractivity contribution in [3.8, 4) is 0 Å². The lowest BCUT2D eigenvalue weighted by atomic mass is 9.85. The molecule has 1 aliphatic rings. The summed E-state index contributed by atoms with van der Waals surface area (Å²) in [7, 11) is 0. The molecule has 0 saturated carbocycles. The summed E-state index contributed by atoms with van der Waals surface area (Å²) in [4.78, 5) is 12.7. The minimum Gasteiger partial charge on any atom is -0.349 e. The molecule has 1 heterocycles. The maximum Gasteiger partial charge on any atom is 0.220 e. The average molecular weight is 387 g/mol. The minimum atomic E-state index is 0. The first kappa shape index (κ1) is 21.5. The molecule has 4 heteroatoms. The number of hydrogen-bond donors (Lipinski definition) is 2. The largest absolute Gasteiger partial charge is 0.349 e. The number of amides is 1. The zero-order valence-corrected chi connectivity index (χ0v) is 16.9. The molecule has 3 nitrogen and oxygen atoms in total. The van der Waals surface area contributed by atoms with Crippen LogP contribution >= 0.6 is 12.4 Å². The van der Waals surface area contributed by atoms with Crippen LogP contribution in [0, 0.1) is 11.8 Å². The van der Waals surface area contributed by atoms with E-state index in [1.165, 1.54) is 18.4 Å². The Bertz CT molecular complexity index is 671. The Balaban J connectivity index is 0.00000261. The summed E-state index contributed by atoms with van der Waals surface area (Å²) < 4.78 is 0. The SMILES string of the molecule is CC(CC(=O)NC(Cc1ccccc1)c1ccccc1)C1CCCNC1.Cl. The number of halogens is 1. The second kappa shape index (κ2) is 11.1. The van der Waals surface area contributed by atoms with E-state index in [0.29, 0.717) is 18.3 Å². The van der Waals surface area contributed by atoms with E-state index in [0.717, 1.165) is 25.1 Å². The van der Waals surface area contributed by atoms with Gasteiger partial charge in [-0.15, -0.1) is 12.4 Å². The van der Waals surface area contributed by atoms with Crippen LogP contribution in [0.1, 0.15) is 43.4 Å². The second-order valence-electron chi connectivity index (χ2n) is 7.51. The minimum absolute atomic E-state index is 0. The van der Waals surface area contributed by atoms with Gasteiger partial charge in [-0.3, -0.25) is 4.79 Å². The number of carbonyl (C=O) groups is 1. The van der Waals surface area contributed by atoms with Gasteiger partial charge in [-0.25, -0.2) is 0 Å². The molecule has 2 N–H and O–H groups in total. The maximum atomic E-state index is 12.7. The Hall–Kier alpha value is -1.84. The molecule has 1 saturated heterocycles. The predicted octanol–water partition coefficient (Wildman–Crippen LogP) is 4.53. The van der Waals surface area contributed by atoms with Crippen molar-refractivity contribution in [2.75, 3.05) is 13.1 Å². The molecular weight excluding hydrogens is 356 g/mol. The smallest absolute Gasteiger partial charge is 0.220 e. The molecule has 0 aliphatic carbocycles. The Morgan fingerprint density at radius 2 is 1.78 bits per heavy atom. The van der Waals surface area contributed by atoms with Gasteiger partial charge in [0, 0.05) is 6.42 Å². The third-order valence-corrected chi connectivity index (χ3v) is 5.47. The first-order valence-electron chi connectivity index (χ1n) is 9.81. The number of piperidine rings is 1. The molecular formula is C23H31ClN2O. The van der Waals surface area contributed by atoms with E-state index in [9.17, 15) is 4.79 Å². The van der Waals surface area contributed by atoms with Crippen LogP contribution in [-0.2, 0) is 11.2 Å². The van der Waals surface area contributed by atoms with Crippen molar-refractivity contribution >= 4 is 18.3 Å². The van der Waals surface area contributed by atoms with Crippen molar-refractivity contribution in [2.45, 2.75) is 38.6 Å². The number of hydrogen-bond acceptors (Lipinski definition) is 2. The highest BCUT2D eigenvalue weighted by atomic mass is 35.5. The van der Waals surface area contributed by atoms with Gasteiger partial charge < -0.3 is 10.6 Å². The summed E-state index contributed by atoms with van der Waals surface area (Å²) in [6.07, 6.45) is 3.87. The first-order chi connectivity index (χ1) is 12.7. The van der Waals surface area contributed by atoms with Crippen molar-refractivity contribution < 1.29 is 4.79 Å². The summed E-state index contributed by atoms with van der Waals surface area (Å²) in [5.74, 6) is 1.18. The van der Waals surface area contributed by atoms with E-state index >= 15 is 0 Å². The Kier molecular flexibility index (Phi) is 8.83. The van der Waals surface area contributed by atoms with Gasteiger partial charge in [0.1, 0.15) is 0 Å². The number of nitrogens with one attached hydrogen (secondary N) is 2. The normalized spacial score (nSPS) is 18.8. The first-order valence-corrected chi connectivity index (χ1v) is 9.81. The molecule has 0 radical (unpaired) electrons. The molecule has 3 atom stereocenters. The summed E-state index contributed by atoms with van der Waals surface area (Å²) in [5.41, 5.74) is 2.41. The Morgan fingerprint density at radius 1 is 1.11 bits per heavy atom. The fraction of sp³-hybridized carbons (Fsp3) is 0.435. The van der Waals surface area contributed by atoms with Crippen molar-refractivity contribution in [2.24, 2.45) is 11.8 Å². The van der Waals surface area contributed by atoms with E-state index < -0.39 is 0 Å². The maximum absolute atomic E-state index is 12.7. The molecule has 27 heavy (non-hydrogen) atoms. The summed E-state index contributed by atoms with van der Waals surface area (Å²) in [6, 6.07) is 20.7. The van der Waals surface area contributed by atoms with Crippen molar-refractivity contribution in [1.29, 1.82) is 0 Å². The highest BCUT2D eigenvalue weighted by molar-refractivity contribution is 5.85. The predicted molar refractivity (Wildman–Crippen MR) is 114 cm³/mol. The molecule has 0 bridgehead atoms. The van der Waals surface area contributed by atoms with Crippen LogP contribution in [0.5, 0.6) is 0 Å². The molecule has 3 unspecified atom stereocenters. The summed E-state index contributed by atoms with van der Waals surface area (Å²) >= 11 is 0. The zero-order chi connectivity index (χ0) is 18.2. The molecule has 2 aromatic carbocycles. The van der Waals surface area contributed by atoms with Crippen LogP contribution in [0.4, 0.5) is 0 Å². The molecule has 0 spiro atoms. The van der Waals surface area contributed by atoms with Gasteiger partial charge in [0.05, 0.1) is 6.04 Å². The third-order valence-electron chi connectivity index (χ3n) is 5.47. The van der Waals surface area contributed by atoms with Gasteiger partial charge in [-0.05, 0) is 55.3 Å². The molecule has 0 aromatic heterocycles. The molecule has 146 valence electrons. The van der Waals surface area contributed by atoms with Gasteiger partial charge in [0.25, 0.3) is 0 Å². The van der Waals surface area contributed by atoms with Crippen LogP contribution in [0.15, 0.2) is 60.7 Å². The molecule has 1 aliphatic heterocycles. The lowest BCUT2D eigenvalue weighted by Gasteiger charge is -2.28. The topological polar surface area (TPSA) is 41.1 Å². The van der Waals surface area contributed by atoms with Crippen molar-refractivity contribution in [3.63, 3.8) is 0 Å². The Labute approximate surface area is 169 Å². The number of benzene rings is 2. The third kappa shape index (κ3) is 6.67. The van der Waals surface area contributed by atoms with E-state index in [1.807, 2.05) is 24.3 Å². The molecule has 1 fully saturated rings. The molecule has 2 aromatic rings. The van der Waals surface area contributed by atoms with E-state index in [1.54, 1.807) is 0 Å². The van der Waals surface area contributed by atoms with Crippen LogP contribution in [0.25, 0.3) is 0 Å². The van der Waals surface area contributed by atoms with Gasteiger partial charge in [0.2, 0.25) is 5.91 Å². The fourth-order valence-electron chi connectivity index (χ4n) is 3.86. The van der Waals surface area contributed by atoms with Crippen LogP contribution < -0.4 is 10.6 Å². The van der Waals surface area contributed by atoms with Gasteiger partial charge in [0.15, 0.2) is 0 Å². The standard InChI is InChI=1S/C23H30N2O.ClH/c1-18(21-13-8-14-24-17-21)15-23(26)25-22(20-11-6-3-7-12-20)16-19-9-4-2-5-10-19;/h2-7,9-12,18,21-22,24H,8,13-17H2,1H3,(H,25,26);1H. The number of rotatable bonds is 7. The lowest BCUT2D eigenvalue weighted by molar-refractivity contribution is -0.123.